The topological polar surface area (TPSA) is 49.4 Å². The van der Waals surface area contributed by atoms with Crippen LogP contribution in [0.4, 0.5) is 5.69 Å². The molecule has 4 aromatic rings. The molecule has 0 aliphatic carbocycles. The molecule has 1 atom stereocenters. The van der Waals surface area contributed by atoms with Gasteiger partial charge >= 0.3 is 0 Å². The normalized spacial score (nSPS) is 15.3. The van der Waals surface area contributed by atoms with Gasteiger partial charge in [0, 0.05) is 12.2 Å². The minimum Gasteiger partial charge on any atom is -0.325 e. The summed E-state index contributed by atoms with van der Waals surface area (Å²) >= 11 is 0. The van der Waals surface area contributed by atoms with Crippen LogP contribution in [0.15, 0.2) is 115 Å². The Morgan fingerprint density at radius 2 is 1.31 bits per heavy atom. The standard InChI is InChI=1S/C31H28N2O2/c34-30-28(21-20-23-12-4-1-5-13-23)33(22-26-18-10-11-19-27(26)32-30)31(35)29(24-14-6-2-7-15-24)25-16-8-3-9-17-25/h1-19,28-29H,20-22H2,(H,32,34). The van der Waals surface area contributed by atoms with Gasteiger partial charge in [-0.2, -0.15) is 0 Å². The number of carbonyl (C=O) groups excluding carboxylic acids is 2. The Hall–Kier alpha value is -4.18. The number of hydrogen-bond donors (Lipinski definition) is 1. The average molecular weight is 461 g/mol. The summed E-state index contributed by atoms with van der Waals surface area (Å²) in [5.74, 6) is -0.693. The average Bonchev–Trinajstić information content (AvgIpc) is 3.05. The Kier molecular flexibility index (Phi) is 6.71. The van der Waals surface area contributed by atoms with Crippen LogP contribution in [0.25, 0.3) is 0 Å². The first-order valence-electron chi connectivity index (χ1n) is 12.0. The Balaban J connectivity index is 1.54. The van der Waals surface area contributed by atoms with Crippen molar-refractivity contribution in [2.45, 2.75) is 31.3 Å². The number of para-hydroxylation sites is 1. The number of anilines is 1. The second kappa shape index (κ2) is 10.4. The van der Waals surface area contributed by atoms with Crippen molar-refractivity contribution in [3.63, 3.8) is 0 Å². The number of hydrogen-bond acceptors (Lipinski definition) is 2. The summed E-state index contributed by atoms with van der Waals surface area (Å²) in [7, 11) is 0. The van der Waals surface area contributed by atoms with E-state index in [2.05, 4.69) is 17.4 Å². The van der Waals surface area contributed by atoms with Gasteiger partial charge in [-0.15, -0.1) is 0 Å². The maximum Gasteiger partial charge on any atom is 0.247 e. The van der Waals surface area contributed by atoms with Crippen LogP contribution >= 0.6 is 0 Å². The van der Waals surface area contributed by atoms with Crippen molar-refractivity contribution in [1.29, 1.82) is 0 Å². The van der Waals surface area contributed by atoms with E-state index in [1.807, 2.05) is 103 Å². The Bertz CT molecular complexity index is 1250. The van der Waals surface area contributed by atoms with Crippen LogP contribution in [0.1, 0.15) is 34.6 Å². The fourth-order valence-electron chi connectivity index (χ4n) is 4.83. The maximum absolute atomic E-state index is 14.4. The van der Waals surface area contributed by atoms with E-state index in [4.69, 9.17) is 0 Å². The molecule has 4 aromatic carbocycles. The minimum absolute atomic E-state index is 0.0627. The van der Waals surface area contributed by atoms with Crippen molar-refractivity contribution in [3.8, 4) is 0 Å². The zero-order valence-corrected chi connectivity index (χ0v) is 19.5. The number of fused-ring (bicyclic) bond motifs is 1. The molecule has 0 spiro atoms. The van der Waals surface area contributed by atoms with Crippen LogP contribution in [-0.4, -0.2) is 22.8 Å². The lowest BCUT2D eigenvalue weighted by Crippen LogP contribution is -2.47. The first-order chi connectivity index (χ1) is 17.2. The second-order valence-corrected chi connectivity index (χ2v) is 8.91. The van der Waals surface area contributed by atoms with Crippen molar-refractivity contribution in [3.05, 3.63) is 138 Å². The summed E-state index contributed by atoms with van der Waals surface area (Å²) in [5.41, 5.74) is 4.70. The van der Waals surface area contributed by atoms with Gasteiger partial charge in [0.1, 0.15) is 6.04 Å². The van der Waals surface area contributed by atoms with E-state index in [-0.39, 0.29) is 11.8 Å². The van der Waals surface area contributed by atoms with E-state index >= 15 is 0 Å². The molecule has 0 radical (unpaired) electrons. The van der Waals surface area contributed by atoms with E-state index < -0.39 is 12.0 Å². The smallest absolute Gasteiger partial charge is 0.247 e. The molecule has 35 heavy (non-hydrogen) atoms. The maximum atomic E-state index is 14.4. The van der Waals surface area contributed by atoms with E-state index in [1.165, 1.54) is 0 Å². The monoisotopic (exact) mass is 460 g/mol. The van der Waals surface area contributed by atoms with Crippen molar-refractivity contribution in [1.82, 2.24) is 4.90 Å². The fraction of sp³-hybridized carbons (Fsp3) is 0.161. The Morgan fingerprint density at radius 1 is 0.771 bits per heavy atom. The minimum atomic E-state index is -0.579. The van der Waals surface area contributed by atoms with Gasteiger partial charge < -0.3 is 10.2 Å². The molecule has 1 aliphatic rings. The molecule has 5 rings (SSSR count). The highest BCUT2D eigenvalue weighted by Gasteiger charge is 2.37. The Labute approximate surface area is 206 Å². The predicted octanol–water partition coefficient (Wildman–Crippen LogP) is 5.80. The highest BCUT2D eigenvalue weighted by Crippen LogP contribution is 2.32. The van der Waals surface area contributed by atoms with Gasteiger partial charge in [-0.1, -0.05) is 109 Å². The number of rotatable bonds is 6. The van der Waals surface area contributed by atoms with Crippen molar-refractivity contribution < 1.29 is 9.59 Å². The molecule has 0 saturated carbocycles. The molecule has 1 heterocycles. The summed E-state index contributed by atoms with van der Waals surface area (Å²) in [4.78, 5) is 29.7. The first kappa shape index (κ1) is 22.6. The lowest BCUT2D eigenvalue weighted by molar-refractivity contribution is -0.139. The van der Waals surface area contributed by atoms with Gasteiger partial charge in [-0.25, -0.2) is 0 Å². The second-order valence-electron chi connectivity index (χ2n) is 8.91. The molecule has 0 saturated heterocycles. The van der Waals surface area contributed by atoms with Gasteiger partial charge in [-0.05, 0) is 41.2 Å². The zero-order valence-electron chi connectivity index (χ0n) is 19.5. The van der Waals surface area contributed by atoms with Gasteiger partial charge in [0.25, 0.3) is 0 Å². The number of carbonyl (C=O) groups is 2. The highest BCUT2D eigenvalue weighted by atomic mass is 16.2. The molecule has 2 amide bonds. The summed E-state index contributed by atoms with van der Waals surface area (Å²) < 4.78 is 0. The third-order valence-corrected chi connectivity index (χ3v) is 6.64. The van der Waals surface area contributed by atoms with Crippen molar-refractivity contribution in [2.75, 3.05) is 5.32 Å². The third kappa shape index (κ3) is 5.02. The molecule has 4 nitrogen and oxygen atoms in total. The molecule has 174 valence electrons. The van der Waals surface area contributed by atoms with Crippen LogP contribution in [0, 0.1) is 0 Å². The number of amides is 2. The lowest BCUT2D eigenvalue weighted by atomic mass is 9.89. The zero-order chi connectivity index (χ0) is 24.0. The first-order valence-corrected chi connectivity index (χ1v) is 12.0. The quantitative estimate of drug-likeness (QED) is 0.395. The SMILES string of the molecule is O=C1Nc2ccccc2CN(C(=O)C(c2ccccc2)c2ccccc2)C1CCc1ccccc1. The Morgan fingerprint density at radius 3 is 1.94 bits per heavy atom. The third-order valence-electron chi connectivity index (χ3n) is 6.64. The summed E-state index contributed by atoms with van der Waals surface area (Å²) in [5, 5.41) is 3.08. The van der Waals surface area contributed by atoms with Gasteiger partial charge in [0.15, 0.2) is 0 Å². The molecule has 1 aliphatic heterocycles. The van der Waals surface area contributed by atoms with Crippen LogP contribution in [0.2, 0.25) is 0 Å². The van der Waals surface area contributed by atoms with Crippen molar-refractivity contribution in [2.24, 2.45) is 0 Å². The lowest BCUT2D eigenvalue weighted by Gasteiger charge is -2.32. The molecule has 4 heteroatoms. The van der Waals surface area contributed by atoms with Gasteiger partial charge in [-0.3, -0.25) is 9.59 Å². The van der Waals surface area contributed by atoms with Gasteiger partial charge in [0.2, 0.25) is 11.8 Å². The van der Waals surface area contributed by atoms with Crippen molar-refractivity contribution >= 4 is 17.5 Å². The largest absolute Gasteiger partial charge is 0.325 e. The number of nitrogens with one attached hydrogen (secondary N) is 1. The number of aryl methyl sites for hydroxylation is 1. The van der Waals surface area contributed by atoms with Gasteiger partial charge in [0.05, 0.1) is 5.92 Å². The molecule has 0 bridgehead atoms. The molecule has 1 N–H and O–H groups in total. The fourth-order valence-corrected chi connectivity index (χ4v) is 4.83. The summed E-state index contributed by atoms with van der Waals surface area (Å²) in [6.45, 7) is 0.378. The molecule has 1 unspecified atom stereocenters. The predicted molar refractivity (Wildman–Crippen MR) is 139 cm³/mol. The van der Waals surface area contributed by atoms with Crippen LogP contribution in [0.5, 0.6) is 0 Å². The summed E-state index contributed by atoms with van der Waals surface area (Å²) in [6, 6.07) is 36.9. The van der Waals surface area contributed by atoms with E-state index in [0.29, 0.717) is 19.4 Å². The van der Waals surface area contributed by atoms with Crippen LogP contribution in [0.3, 0.4) is 0 Å². The summed E-state index contributed by atoms with van der Waals surface area (Å²) in [6.07, 6.45) is 1.26. The van der Waals surface area contributed by atoms with E-state index in [1.54, 1.807) is 4.90 Å². The van der Waals surface area contributed by atoms with Crippen LogP contribution in [-0.2, 0) is 22.6 Å². The molecular formula is C31H28N2O2. The van der Waals surface area contributed by atoms with E-state index in [0.717, 1.165) is 27.9 Å². The highest BCUT2D eigenvalue weighted by molar-refractivity contribution is 6.00. The molecule has 0 aromatic heterocycles. The number of benzene rings is 4. The van der Waals surface area contributed by atoms with Crippen LogP contribution < -0.4 is 5.32 Å². The number of nitrogens with zero attached hydrogens (tertiary/aromatic N) is 1. The van der Waals surface area contributed by atoms with E-state index in [9.17, 15) is 9.59 Å². The molecule has 0 fully saturated rings. The molecular weight excluding hydrogens is 432 g/mol.